The fourth-order valence-corrected chi connectivity index (χ4v) is 3.11. The Morgan fingerprint density at radius 2 is 1.83 bits per heavy atom. The van der Waals surface area contributed by atoms with Crippen LogP contribution in [0.15, 0.2) is 28.3 Å². The number of piperidine rings is 1. The Hall–Kier alpha value is -2.44. The molecule has 7 nitrogen and oxygen atoms in total. The molecule has 0 atom stereocenters. The van der Waals surface area contributed by atoms with Crippen molar-refractivity contribution >= 4 is 5.82 Å². The predicted octanol–water partition coefficient (Wildman–Crippen LogP) is 0.870. The maximum atomic E-state index is 12.3. The molecular formula is C17H23N5O2. The third-order valence-corrected chi connectivity index (χ3v) is 4.88. The highest BCUT2D eigenvalue weighted by Crippen LogP contribution is 2.20. The first kappa shape index (κ1) is 16.4. The smallest absolute Gasteiger partial charge is 0.293 e. The van der Waals surface area contributed by atoms with E-state index in [2.05, 4.69) is 9.97 Å². The highest BCUT2D eigenvalue weighted by Gasteiger charge is 2.23. The minimum Gasteiger partial charge on any atom is -0.352 e. The lowest BCUT2D eigenvalue weighted by atomic mass is 9.96. The summed E-state index contributed by atoms with van der Waals surface area (Å²) in [5.74, 6) is 0.930. The van der Waals surface area contributed by atoms with E-state index in [1.165, 1.54) is 0 Å². The van der Waals surface area contributed by atoms with Crippen molar-refractivity contribution < 1.29 is 0 Å². The molecule has 2 aromatic heterocycles. The van der Waals surface area contributed by atoms with E-state index in [-0.39, 0.29) is 11.1 Å². The van der Waals surface area contributed by atoms with Gasteiger partial charge in [0.15, 0.2) is 5.82 Å². The highest BCUT2D eigenvalue weighted by atomic mass is 16.1. The van der Waals surface area contributed by atoms with Gasteiger partial charge in [0.2, 0.25) is 0 Å². The zero-order chi connectivity index (χ0) is 17.3. The fourth-order valence-electron chi connectivity index (χ4n) is 3.11. The highest BCUT2D eigenvalue weighted by molar-refractivity contribution is 5.36. The Balaban J connectivity index is 1.68. The quantitative estimate of drug-likeness (QED) is 0.835. The molecule has 0 spiro atoms. The molecule has 24 heavy (non-hydrogen) atoms. The van der Waals surface area contributed by atoms with Gasteiger partial charge in [-0.05, 0) is 32.6 Å². The van der Waals surface area contributed by atoms with Crippen LogP contribution in [0.25, 0.3) is 0 Å². The minimum absolute atomic E-state index is 0.0449. The van der Waals surface area contributed by atoms with Gasteiger partial charge in [0, 0.05) is 50.3 Å². The lowest BCUT2D eigenvalue weighted by Gasteiger charge is -2.32. The first-order chi connectivity index (χ1) is 11.5. The molecule has 0 N–H and O–H groups in total. The Bertz CT molecular complexity index is 847. The molecule has 0 radical (unpaired) electrons. The van der Waals surface area contributed by atoms with Crippen molar-refractivity contribution in [3.05, 3.63) is 50.7 Å². The summed E-state index contributed by atoms with van der Waals surface area (Å²) in [5, 5.41) is 0. The second kappa shape index (κ2) is 6.59. The zero-order valence-corrected chi connectivity index (χ0v) is 14.4. The SMILES string of the molecule is Cc1ncn(CC2CCN(c3nccn(C)c3=O)CC2)c(=O)c1C. The van der Waals surface area contributed by atoms with Crippen LogP contribution in [-0.2, 0) is 13.6 Å². The average molecular weight is 329 g/mol. The Labute approximate surface area is 140 Å². The van der Waals surface area contributed by atoms with Crippen LogP contribution in [0.5, 0.6) is 0 Å². The van der Waals surface area contributed by atoms with Crippen LogP contribution in [0.4, 0.5) is 5.82 Å². The molecule has 0 saturated carbocycles. The van der Waals surface area contributed by atoms with Gasteiger partial charge in [0.05, 0.1) is 6.33 Å². The maximum absolute atomic E-state index is 12.3. The van der Waals surface area contributed by atoms with Crippen molar-refractivity contribution in [2.45, 2.75) is 33.2 Å². The Morgan fingerprint density at radius 3 is 2.54 bits per heavy atom. The molecule has 0 unspecified atom stereocenters. The molecule has 1 aliphatic rings. The minimum atomic E-state index is -0.0643. The van der Waals surface area contributed by atoms with Crippen LogP contribution in [0.3, 0.4) is 0 Å². The molecule has 128 valence electrons. The van der Waals surface area contributed by atoms with E-state index in [0.29, 0.717) is 23.8 Å². The number of aryl methyl sites for hydroxylation is 2. The molecule has 1 aliphatic heterocycles. The van der Waals surface area contributed by atoms with Crippen molar-refractivity contribution in [1.82, 2.24) is 19.1 Å². The maximum Gasteiger partial charge on any atom is 0.293 e. The molecule has 3 rings (SSSR count). The number of hydrogen-bond donors (Lipinski definition) is 0. The van der Waals surface area contributed by atoms with Crippen molar-refractivity contribution in [2.24, 2.45) is 13.0 Å². The summed E-state index contributed by atoms with van der Waals surface area (Å²) < 4.78 is 3.26. The van der Waals surface area contributed by atoms with Gasteiger partial charge in [-0.3, -0.25) is 14.2 Å². The predicted molar refractivity (Wildman–Crippen MR) is 92.4 cm³/mol. The van der Waals surface area contributed by atoms with E-state index in [0.717, 1.165) is 31.6 Å². The summed E-state index contributed by atoms with van der Waals surface area (Å²) in [6, 6.07) is 0. The largest absolute Gasteiger partial charge is 0.352 e. The van der Waals surface area contributed by atoms with E-state index in [1.54, 1.807) is 34.9 Å². The molecular weight excluding hydrogens is 306 g/mol. The van der Waals surface area contributed by atoms with Gasteiger partial charge in [-0.15, -0.1) is 0 Å². The van der Waals surface area contributed by atoms with Crippen molar-refractivity contribution in [3.8, 4) is 0 Å². The third-order valence-electron chi connectivity index (χ3n) is 4.88. The third kappa shape index (κ3) is 3.11. The number of hydrogen-bond acceptors (Lipinski definition) is 5. The van der Waals surface area contributed by atoms with E-state index >= 15 is 0 Å². The van der Waals surface area contributed by atoms with E-state index in [9.17, 15) is 9.59 Å². The van der Waals surface area contributed by atoms with Crippen LogP contribution < -0.4 is 16.0 Å². The van der Waals surface area contributed by atoms with Crippen LogP contribution >= 0.6 is 0 Å². The number of aromatic nitrogens is 4. The first-order valence-corrected chi connectivity index (χ1v) is 8.26. The van der Waals surface area contributed by atoms with Crippen molar-refractivity contribution in [1.29, 1.82) is 0 Å². The lowest BCUT2D eigenvalue weighted by molar-refractivity contribution is 0.349. The van der Waals surface area contributed by atoms with Gasteiger partial charge >= 0.3 is 0 Å². The fraction of sp³-hybridized carbons (Fsp3) is 0.529. The van der Waals surface area contributed by atoms with Crippen LogP contribution in [-0.4, -0.2) is 32.2 Å². The molecule has 0 bridgehead atoms. The number of nitrogens with zero attached hydrogens (tertiary/aromatic N) is 5. The summed E-state index contributed by atoms with van der Waals surface area (Å²) in [6.45, 7) is 5.92. The molecule has 1 fully saturated rings. The van der Waals surface area contributed by atoms with Crippen LogP contribution in [0.2, 0.25) is 0 Å². The van der Waals surface area contributed by atoms with Gasteiger partial charge in [0.1, 0.15) is 0 Å². The summed E-state index contributed by atoms with van der Waals surface area (Å²) in [7, 11) is 1.74. The van der Waals surface area contributed by atoms with Crippen molar-refractivity contribution in [3.63, 3.8) is 0 Å². The van der Waals surface area contributed by atoms with Gasteiger partial charge in [0.25, 0.3) is 11.1 Å². The molecule has 0 amide bonds. The van der Waals surface area contributed by atoms with Gasteiger partial charge < -0.3 is 9.47 Å². The molecule has 2 aromatic rings. The number of anilines is 1. The molecule has 0 aromatic carbocycles. The summed E-state index contributed by atoms with van der Waals surface area (Å²) in [5.41, 5.74) is 1.48. The van der Waals surface area contributed by atoms with Gasteiger partial charge in [-0.2, -0.15) is 0 Å². The Kier molecular flexibility index (Phi) is 4.51. The summed E-state index contributed by atoms with van der Waals surface area (Å²) in [6.07, 6.45) is 6.82. The standard InChI is InChI=1S/C17H23N5O2/c1-12-13(2)19-11-22(16(12)23)10-14-4-7-21(8-5-14)15-17(24)20(3)9-6-18-15/h6,9,11,14H,4-5,7-8,10H2,1-3H3. The van der Waals surface area contributed by atoms with E-state index in [1.807, 2.05) is 18.7 Å². The average Bonchev–Trinajstić information content (AvgIpc) is 2.59. The van der Waals surface area contributed by atoms with Gasteiger partial charge in [-0.1, -0.05) is 0 Å². The first-order valence-electron chi connectivity index (χ1n) is 8.26. The van der Waals surface area contributed by atoms with Gasteiger partial charge in [-0.25, -0.2) is 9.97 Å². The second-order valence-electron chi connectivity index (χ2n) is 6.51. The molecule has 7 heteroatoms. The van der Waals surface area contributed by atoms with Crippen molar-refractivity contribution in [2.75, 3.05) is 18.0 Å². The van der Waals surface area contributed by atoms with Crippen LogP contribution in [0, 0.1) is 19.8 Å². The Morgan fingerprint density at radius 1 is 1.12 bits per heavy atom. The summed E-state index contributed by atoms with van der Waals surface area (Å²) >= 11 is 0. The lowest BCUT2D eigenvalue weighted by Crippen LogP contribution is -2.40. The molecule has 3 heterocycles. The summed E-state index contributed by atoms with van der Waals surface area (Å²) in [4.78, 5) is 35.0. The zero-order valence-electron chi connectivity index (χ0n) is 14.4. The topological polar surface area (TPSA) is 73.0 Å². The normalized spacial score (nSPS) is 15.7. The number of rotatable bonds is 3. The second-order valence-corrected chi connectivity index (χ2v) is 6.51. The van der Waals surface area contributed by atoms with E-state index < -0.39 is 0 Å². The monoisotopic (exact) mass is 329 g/mol. The van der Waals surface area contributed by atoms with Crippen LogP contribution in [0.1, 0.15) is 24.1 Å². The molecule has 1 saturated heterocycles. The molecule has 0 aliphatic carbocycles. The van der Waals surface area contributed by atoms with E-state index in [4.69, 9.17) is 0 Å².